The Morgan fingerprint density at radius 1 is 1.62 bits per heavy atom. The zero-order valence-electron chi connectivity index (χ0n) is 5.29. The minimum absolute atomic E-state index is 0.624. The molecule has 0 atom stereocenters. The van der Waals surface area contributed by atoms with Crippen molar-refractivity contribution in [2.24, 2.45) is 4.99 Å². The first-order valence-electron chi connectivity index (χ1n) is 2.55. The molecule has 0 bridgehead atoms. The van der Waals surface area contributed by atoms with Gasteiger partial charge < -0.3 is 0 Å². The average molecular weight is 129 g/mol. The number of thioether (sulfide) groups is 1. The number of hydrogen-bond donors (Lipinski definition) is 0. The Kier molecular flexibility index (Phi) is 4.76. The molecule has 0 aromatic rings. The fourth-order valence-corrected chi connectivity index (χ4v) is 0.600. The predicted octanol–water partition coefficient (Wildman–Crippen LogP) is 2.30. The fraction of sp³-hybridized carbons (Fsp3) is 0.500. The number of rotatable bonds is 3. The van der Waals surface area contributed by atoms with Crippen LogP contribution < -0.4 is 0 Å². The minimum Gasteiger partial charge on any atom is -0.258 e. The van der Waals surface area contributed by atoms with Crippen molar-refractivity contribution >= 4 is 17.3 Å². The Hall–Kier alpha value is -0.240. The van der Waals surface area contributed by atoms with Crippen molar-refractivity contribution in [3.8, 4) is 0 Å². The van der Waals surface area contributed by atoms with Crippen LogP contribution in [0, 0.1) is 0 Å². The molecule has 0 fully saturated rings. The van der Waals surface area contributed by atoms with Crippen LogP contribution >= 0.6 is 11.8 Å². The molecular formula is C6H11NS. The second-order valence-corrected chi connectivity index (χ2v) is 3.05. The Balaban J connectivity index is 3.15. The highest BCUT2D eigenvalue weighted by molar-refractivity contribution is 8.12. The molecule has 0 spiro atoms. The molecule has 0 N–H and O–H groups in total. The van der Waals surface area contributed by atoms with Gasteiger partial charge in [0.05, 0.1) is 5.55 Å². The first kappa shape index (κ1) is 7.76. The Bertz CT molecular complexity index is 86.5. The molecule has 0 aliphatic heterocycles. The predicted molar refractivity (Wildman–Crippen MR) is 41.4 cm³/mol. The van der Waals surface area contributed by atoms with E-state index in [0.717, 1.165) is 0 Å². The van der Waals surface area contributed by atoms with Crippen LogP contribution in [0.3, 0.4) is 0 Å². The fourth-order valence-electron chi connectivity index (χ4n) is 0.200. The van der Waals surface area contributed by atoms with Crippen molar-refractivity contribution in [3.05, 3.63) is 12.8 Å². The molecule has 0 aliphatic carbocycles. The van der Waals surface area contributed by atoms with Crippen molar-refractivity contribution in [2.75, 3.05) is 0 Å². The number of nitrogens with zero attached hydrogens (tertiary/aromatic N) is 1. The van der Waals surface area contributed by atoms with Gasteiger partial charge in [-0.3, -0.25) is 4.99 Å². The summed E-state index contributed by atoms with van der Waals surface area (Å²) in [4.78, 5) is 3.81. The van der Waals surface area contributed by atoms with Gasteiger partial charge in [-0.15, -0.1) is 11.8 Å². The van der Waals surface area contributed by atoms with Crippen LogP contribution in [0.15, 0.2) is 17.8 Å². The second kappa shape index (κ2) is 4.91. The molecule has 1 nitrogen and oxygen atoms in total. The molecule has 0 saturated carbocycles. The van der Waals surface area contributed by atoms with Crippen molar-refractivity contribution in [1.29, 1.82) is 0 Å². The smallest absolute Gasteiger partial charge is 0.0598 e. The van der Waals surface area contributed by atoms with E-state index >= 15 is 0 Å². The van der Waals surface area contributed by atoms with E-state index in [9.17, 15) is 0 Å². The molecule has 2 heteroatoms. The summed E-state index contributed by atoms with van der Waals surface area (Å²) in [6, 6.07) is 0. The van der Waals surface area contributed by atoms with Crippen LogP contribution in [-0.4, -0.2) is 10.8 Å². The lowest BCUT2D eigenvalue weighted by atomic mass is 10.6. The minimum atomic E-state index is 0.624. The lowest BCUT2D eigenvalue weighted by molar-refractivity contribution is 1.12. The molecule has 0 aliphatic rings. The zero-order valence-corrected chi connectivity index (χ0v) is 6.11. The summed E-state index contributed by atoms with van der Waals surface area (Å²) < 4.78 is 0. The summed E-state index contributed by atoms with van der Waals surface area (Å²) in [5, 5.41) is 0.624. The summed E-state index contributed by atoms with van der Waals surface area (Å²) in [6.45, 7) is 7.70. The third-order valence-corrected chi connectivity index (χ3v) is 1.29. The SMILES string of the molecule is C=CN=CSC(C)C. The molecule has 0 aromatic heterocycles. The molecule has 46 valence electrons. The van der Waals surface area contributed by atoms with Crippen molar-refractivity contribution in [1.82, 2.24) is 0 Å². The molecule has 8 heavy (non-hydrogen) atoms. The van der Waals surface area contributed by atoms with E-state index in [-0.39, 0.29) is 0 Å². The molecular weight excluding hydrogens is 118 g/mol. The van der Waals surface area contributed by atoms with Crippen LogP contribution in [0.5, 0.6) is 0 Å². The molecule has 0 aromatic carbocycles. The quantitative estimate of drug-likeness (QED) is 0.420. The van der Waals surface area contributed by atoms with Gasteiger partial charge in [0.25, 0.3) is 0 Å². The Labute approximate surface area is 54.9 Å². The van der Waals surface area contributed by atoms with E-state index in [0.29, 0.717) is 5.25 Å². The highest BCUT2D eigenvalue weighted by Gasteiger charge is 1.85. The third-order valence-electron chi connectivity index (χ3n) is 0.499. The summed E-state index contributed by atoms with van der Waals surface area (Å²) in [7, 11) is 0. The van der Waals surface area contributed by atoms with Gasteiger partial charge in [0, 0.05) is 11.4 Å². The van der Waals surface area contributed by atoms with Gasteiger partial charge in [0.15, 0.2) is 0 Å². The van der Waals surface area contributed by atoms with Gasteiger partial charge in [-0.25, -0.2) is 0 Å². The summed E-state index contributed by atoms with van der Waals surface area (Å²) in [5.74, 6) is 0. The lowest BCUT2D eigenvalue weighted by Gasteiger charge is -1.93. The maximum atomic E-state index is 3.81. The van der Waals surface area contributed by atoms with Crippen LogP contribution in [0.1, 0.15) is 13.8 Å². The van der Waals surface area contributed by atoms with Crippen molar-refractivity contribution in [2.45, 2.75) is 19.1 Å². The standard InChI is InChI=1S/C6H11NS/c1-4-7-5-8-6(2)3/h4-6H,1H2,2-3H3. The molecule has 0 radical (unpaired) electrons. The lowest BCUT2D eigenvalue weighted by Crippen LogP contribution is -1.83. The van der Waals surface area contributed by atoms with Crippen LogP contribution in [0.4, 0.5) is 0 Å². The second-order valence-electron chi connectivity index (χ2n) is 1.62. The molecule has 0 rings (SSSR count). The first-order chi connectivity index (χ1) is 3.77. The molecule has 0 amide bonds. The van der Waals surface area contributed by atoms with Crippen molar-refractivity contribution in [3.63, 3.8) is 0 Å². The normalized spacial score (nSPS) is 10.9. The van der Waals surface area contributed by atoms with Crippen LogP contribution in [0.25, 0.3) is 0 Å². The van der Waals surface area contributed by atoms with Gasteiger partial charge in [-0.05, 0) is 0 Å². The average Bonchev–Trinajstić information content (AvgIpc) is 1.66. The monoisotopic (exact) mass is 129 g/mol. The van der Waals surface area contributed by atoms with E-state index in [1.165, 1.54) is 6.20 Å². The maximum absolute atomic E-state index is 3.81. The summed E-state index contributed by atoms with van der Waals surface area (Å²) in [5.41, 5.74) is 1.80. The highest BCUT2D eigenvalue weighted by atomic mass is 32.2. The maximum Gasteiger partial charge on any atom is 0.0598 e. The third kappa shape index (κ3) is 5.76. The number of aliphatic imine (C=N–C) groups is 1. The van der Waals surface area contributed by atoms with Gasteiger partial charge in [0.1, 0.15) is 0 Å². The zero-order chi connectivity index (χ0) is 6.41. The Morgan fingerprint density at radius 3 is 2.62 bits per heavy atom. The van der Waals surface area contributed by atoms with E-state index in [2.05, 4.69) is 25.4 Å². The van der Waals surface area contributed by atoms with Crippen LogP contribution in [0.2, 0.25) is 0 Å². The van der Waals surface area contributed by atoms with E-state index in [4.69, 9.17) is 0 Å². The summed E-state index contributed by atoms with van der Waals surface area (Å²) >= 11 is 1.69. The largest absolute Gasteiger partial charge is 0.258 e. The highest BCUT2D eigenvalue weighted by Crippen LogP contribution is 2.03. The van der Waals surface area contributed by atoms with Crippen LogP contribution in [-0.2, 0) is 0 Å². The first-order valence-corrected chi connectivity index (χ1v) is 3.49. The van der Waals surface area contributed by atoms with Gasteiger partial charge in [-0.2, -0.15) is 0 Å². The van der Waals surface area contributed by atoms with Gasteiger partial charge in [-0.1, -0.05) is 20.4 Å². The number of hydrogen-bond acceptors (Lipinski definition) is 2. The molecule has 0 saturated heterocycles. The van der Waals surface area contributed by atoms with Crippen molar-refractivity contribution < 1.29 is 0 Å². The molecule has 0 heterocycles. The summed E-state index contributed by atoms with van der Waals surface area (Å²) in [6.07, 6.45) is 1.54. The Morgan fingerprint density at radius 2 is 2.25 bits per heavy atom. The van der Waals surface area contributed by atoms with Gasteiger partial charge >= 0.3 is 0 Å². The topological polar surface area (TPSA) is 12.4 Å². The van der Waals surface area contributed by atoms with Gasteiger partial charge in [0.2, 0.25) is 0 Å². The van der Waals surface area contributed by atoms with E-state index < -0.39 is 0 Å². The molecule has 0 unspecified atom stereocenters. The van der Waals surface area contributed by atoms with E-state index in [1.807, 2.05) is 0 Å². The van der Waals surface area contributed by atoms with E-state index in [1.54, 1.807) is 17.3 Å².